The normalized spacial score (nSPS) is 21.8. The largest absolute Gasteiger partial charge is 0.382 e. The number of nitrogens with one attached hydrogen (secondary N) is 2. The van der Waals surface area contributed by atoms with Crippen molar-refractivity contribution in [2.24, 2.45) is 16.7 Å². The number of hydrazone groups is 1. The highest BCUT2D eigenvalue weighted by atomic mass is 32.2. The number of anilines is 1. The zero-order chi connectivity index (χ0) is 19.9. The van der Waals surface area contributed by atoms with E-state index in [0.29, 0.717) is 11.9 Å². The summed E-state index contributed by atoms with van der Waals surface area (Å²) in [6.07, 6.45) is 9.41. The van der Waals surface area contributed by atoms with E-state index in [1.807, 2.05) is 7.05 Å². The number of rotatable bonds is 8. The first kappa shape index (κ1) is 21.6. The van der Waals surface area contributed by atoms with Crippen LogP contribution in [0.3, 0.4) is 0 Å². The second-order valence-electron chi connectivity index (χ2n) is 7.37. The summed E-state index contributed by atoms with van der Waals surface area (Å²) >= 11 is 3.32. The Morgan fingerprint density at radius 2 is 2.04 bits per heavy atom. The van der Waals surface area contributed by atoms with Gasteiger partial charge in [0.25, 0.3) is 0 Å². The molecule has 1 saturated carbocycles. The van der Waals surface area contributed by atoms with Crippen LogP contribution in [0.15, 0.2) is 28.2 Å². The van der Waals surface area contributed by atoms with Gasteiger partial charge in [-0.15, -0.1) is 5.10 Å². The minimum Gasteiger partial charge on any atom is -0.382 e. The molecule has 1 aromatic carbocycles. The summed E-state index contributed by atoms with van der Waals surface area (Å²) in [5, 5.41) is 9.80. The molecule has 7 nitrogen and oxygen atoms in total. The molecule has 1 saturated heterocycles. The second-order valence-corrected chi connectivity index (χ2v) is 9.34. The molecule has 2 aliphatic rings. The first-order valence-corrected chi connectivity index (χ1v) is 12.0. The lowest BCUT2D eigenvalue weighted by molar-refractivity contribution is 0.219. The Labute approximate surface area is 177 Å². The average Bonchev–Trinajstić information content (AvgIpc) is 3.19. The third-order valence-corrected chi connectivity index (χ3v) is 6.98. The first-order chi connectivity index (χ1) is 13.6. The third kappa shape index (κ3) is 5.70. The molecule has 0 aromatic heterocycles. The van der Waals surface area contributed by atoms with Crippen LogP contribution in [0.1, 0.15) is 44.1 Å². The minimum atomic E-state index is 0.190. The van der Waals surface area contributed by atoms with Gasteiger partial charge in [-0.05, 0) is 62.7 Å². The number of nitrogens with zero attached hydrogens (tertiary/aromatic N) is 3. The SMILES string of the molecule is CNSc1ccc(NC2CCCCC2)c(/C(N)=N/N(N)C2CCN(SC)C2)c1. The Kier molecular flexibility index (Phi) is 8.16. The van der Waals surface area contributed by atoms with Gasteiger partial charge in [-0.2, -0.15) is 0 Å². The molecule has 1 atom stereocenters. The monoisotopic (exact) mass is 423 g/mol. The molecule has 1 heterocycles. The third-order valence-electron chi connectivity index (χ3n) is 5.43. The quantitative estimate of drug-likeness (QED) is 0.167. The number of hydrogen-bond donors (Lipinski definition) is 4. The highest BCUT2D eigenvalue weighted by Gasteiger charge is 2.26. The van der Waals surface area contributed by atoms with Crippen LogP contribution in [0.25, 0.3) is 0 Å². The van der Waals surface area contributed by atoms with Gasteiger partial charge in [-0.3, -0.25) is 4.72 Å². The van der Waals surface area contributed by atoms with Gasteiger partial charge < -0.3 is 11.1 Å². The van der Waals surface area contributed by atoms with E-state index in [9.17, 15) is 0 Å². The van der Waals surface area contributed by atoms with E-state index in [0.717, 1.165) is 35.7 Å². The molecule has 1 aliphatic heterocycles. The molecular formula is C19H33N7S2. The van der Waals surface area contributed by atoms with E-state index in [1.165, 1.54) is 32.1 Å². The molecule has 9 heteroatoms. The lowest BCUT2D eigenvalue weighted by Gasteiger charge is -2.26. The van der Waals surface area contributed by atoms with Gasteiger partial charge in [0, 0.05) is 35.3 Å². The van der Waals surface area contributed by atoms with Gasteiger partial charge >= 0.3 is 0 Å². The van der Waals surface area contributed by atoms with E-state index in [4.69, 9.17) is 11.6 Å². The summed E-state index contributed by atoms with van der Waals surface area (Å²) in [6.45, 7) is 1.93. The van der Waals surface area contributed by atoms with Crippen molar-refractivity contribution in [3.05, 3.63) is 23.8 Å². The summed E-state index contributed by atoms with van der Waals surface area (Å²) < 4.78 is 5.42. The van der Waals surface area contributed by atoms with Crippen LogP contribution < -0.4 is 21.6 Å². The highest BCUT2D eigenvalue weighted by molar-refractivity contribution is 7.97. The summed E-state index contributed by atoms with van der Waals surface area (Å²) in [6, 6.07) is 6.99. The average molecular weight is 424 g/mol. The van der Waals surface area contributed by atoms with E-state index in [2.05, 4.69) is 43.9 Å². The molecule has 0 radical (unpaired) electrons. The molecule has 1 unspecified atom stereocenters. The van der Waals surface area contributed by atoms with Crippen molar-refractivity contribution < 1.29 is 0 Å². The van der Waals surface area contributed by atoms with Crippen LogP contribution in [-0.2, 0) is 0 Å². The minimum absolute atomic E-state index is 0.190. The topological polar surface area (TPSA) is 94.9 Å². The fourth-order valence-corrected chi connectivity index (χ4v) is 5.02. The van der Waals surface area contributed by atoms with Crippen LogP contribution in [-0.4, -0.2) is 53.7 Å². The molecular weight excluding hydrogens is 390 g/mol. The lowest BCUT2D eigenvalue weighted by Crippen LogP contribution is -2.40. The predicted octanol–water partition coefficient (Wildman–Crippen LogP) is 2.81. The van der Waals surface area contributed by atoms with Crippen LogP contribution in [0, 0.1) is 0 Å². The van der Waals surface area contributed by atoms with E-state index < -0.39 is 0 Å². The number of hydrazine groups is 1. The Morgan fingerprint density at radius 3 is 2.71 bits per heavy atom. The maximum absolute atomic E-state index is 6.44. The molecule has 28 heavy (non-hydrogen) atoms. The molecule has 3 rings (SSSR count). The fourth-order valence-electron chi connectivity index (χ4n) is 3.86. The molecule has 0 spiro atoms. The van der Waals surface area contributed by atoms with E-state index >= 15 is 0 Å². The van der Waals surface area contributed by atoms with Crippen molar-refractivity contribution in [3.63, 3.8) is 0 Å². The molecule has 6 N–H and O–H groups in total. The smallest absolute Gasteiger partial charge is 0.154 e. The van der Waals surface area contributed by atoms with Crippen molar-refractivity contribution >= 4 is 35.4 Å². The van der Waals surface area contributed by atoms with Crippen molar-refractivity contribution in [1.82, 2.24) is 14.1 Å². The van der Waals surface area contributed by atoms with Gasteiger partial charge in [-0.25, -0.2) is 15.3 Å². The Morgan fingerprint density at radius 1 is 1.25 bits per heavy atom. The van der Waals surface area contributed by atoms with Crippen molar-refractivity contribution in [2.45, 2.75) is 55.5 Å². The number of amidine groups is 1. The molecule has 156 valence electrons. The molecule has 0 bridgehead atoms. The zero-order valence-corrected chi connectivity index (χ0v) is 18.5. The summed E-state index contributed by atoms with van der Waals surface area (Å²) in [5.74, 6) is 6.72. The Bertz CT molecular complexity index is 664. The summed E-state index contributed by atoms with van der Waals surface area (Å²) in [4.78, 5) is 1.10. The fraction of sp³-hybridized carbons (Fsp3) is 0.632. The highest BCUT2D eigenvalue weighted by Crippen LogP contribution is 2.27. The first-order valence-electron chi connectivity index (χ1n) is 10.0. The second kappa shape index (κ2) is 10.6. The molecule has 1 aromatic rings. The summed E-state index contributed by atoms with van der Waals surface area (Å²) in [7, 11) is 1.91. The molecule has 2 fully saturated rings. The van der Waals surface area contributed by atoms with Crippen molar-refractivity contribution in [3.8, 4) is 0 Å². The number of benzene rings is 1. The van der Waals surface area contributed by atoms with Crippen LogP contribution in [0.5, 0.6) is 0 Å². The van der Waals surface area contributed by atoms with Gasteiger partial charge in [0.15, 0.2) is 5.84 Å². The van der Waals surface area contributed by atoms with Crippen LogP contribution >= 0.6 is 23.9 Å². The van der Waals surface area contributed by atoms with Gasteiger partial charge in [0.1, 0.15) is 0 Å². The van der Waals surface area contributed by atoms with Gasteiger partial charge in [0.05, 0.1) is 6.04 Å². The molecule has 0 amide bonds. The summed E-state index contributed by atoms with van der Waals surface area (Å²) in [5.41, 5.74) is 8.40. The molecule has 1 aliphatic carbocycles. The Hall–Kier alpha value is -1.13. The van der Waals surface area contributed by atoms with E-state index in [-0.39, 0.29) is 6.04 Å². The van der Waals surface area contributed by atoms with Gasteiger partial charge in [0.2, 0.25) is 0 Å². The lowest BCUT2D eigenvalue weighted by atomic mass is 9.95. The number of nitrogens with two attached hydrogens (primary N) is 2. The Balaban J connectivity index is 1.78. The van der Waals surface area contributed by atoms with Crippen LogP contribution in [0.4, 0.5) is 5.69 Å². The van der Waals surface area contributed by atoms with Crippen LogP contribution in [0.2, 0.25) is 0 Å². The predicted molar refractivity (Wildman–Crippen MR) is 122 cm³/mol. The van der Waals surface area contributed by atoms with E-state index in [1.54, 1.807) is 29.0 Å². The van der Waals surface area contributed by atoms with Crippen molar-refractivity contribution in [1.29, 1.82) is 0 Å². The van der Waals surface area contributed by atoms with Crippen molar-refractivity contribution in [2.75, 3.05) is 31.7 Å². The van der Waals surface area contributed by atoms with Gasteiger partial charge in [-0.1, -0.05) is 31.2 Å². The number of hydrogen-bond acceptors (Lipinski definition) is 8. The maximum atomic E-state index is 6.44. The zero-order valence-electron chi connectivity index (χ0n) is 16.9. The standard InChI is InChI=1S/C19H33N7S2/c1-22-28-16-8-9-18(23-14-6-4-3-5-7-14)17(12-16)19(20)24-26(21)15-10-11-25(13-15)27-2/h8-9,12,14-15,22-23H,3-7,10-11,13,21H2,1-2H3,(H2,20,24). The maximum Gasteiger partial charge on any atom is 0.154 e.